The van der Waals surface area contributed by atoms with Gasteiger partial charge in [-0.3, -0.25) is 9.48 Å². The van der Waals surface area contributed by atoms with Crippen LogP contribution < -0.4 is 0 Å². The monoisotopic (exact) mass is 259 g/mol. The van der Waals surface area contributed by atoms with Crippen LogP contribution in [0.2, 0.25) is 0 Å². The third-order valence-corrected chi connectivity index (χ3v) is 2.99. The first-order valence-corrected chi connectivity index (χ1v) is 5.59. The van der Waals surface area contributed by atoms with Crippen molar-refractivity contribution in [2.45, 2.75) is 38.4 Å². The summed E-state index contributed by atoms with van der Waals surface area (Å²) >= 11 is 0. The van der Waals surface area contributed by atoms with E-state index in [1.807, 2.05) is 0 Å². The van der Waals surface area contributed by atoms with Crippen LogP contribution in [-0.4, -0.2) is 22.4 Å². The largest absolute Gasteiger partial charge is 0.435 e. The molecule has 1 heterocycles. The summed E-state index contributed by atoms with van der Waals surface area (Å²) < 4.78 is 39.6. The lowest BCUT2D eigenvalue weighted by Crippen LogP contribution is -2.14. The number of carbonyl (C=O) groups excluding carboxylic acids is 1. The first-order valence-electron chi connectivity index (χ1n) is 5.59. The van der Waals surface area contributed by atoms with Crippen molar-refractivity contribution in [1.29, 1.82) is 0 Å². The van der Waals surface area contributed by atoms with E-state index >= 15 is 0 Å². The molecule has 1 aliphatic rings. The Hall–Kier alpha value is -1.66. The van der Waals surface area contributed by atoms with Crippen molar-refractivity contribution in [3.63, 3.8) is 0 Å². The lowest BCUT2D eigenvalue weighted by molar-refractivity contribution is -0.142. The molecule has 7 heteroatoms. The molecule has 0 fully saturated rings. The fraction of sp³-hybridized carbons (Fsp3) is 0.545. The van der Waals surface area contributed by atoms with Crippen molar-refractivity contribution in [2.75, 3.05) is 0 Å². The van der Waals surface area contributed by atoms with Gasteiger partial charge in [0.05, 0.1) is 0 Å². The van der Waals surface area contributed by atoms with E-state index in [1.165, 1.54) is 0 Å². The summed E-state index contributed by atoms with van der Waals surface area (Å²) in [6.45, 7) is 2.79. The van der Waals surface area contributed by atoms with Crippen LogP contribution in [0.3, 0.4) is 0 Å². The summed E-state index contributed by atoms with van der Waals surface area (Å²) in [6, 6.07) is 0. The van der Waals surface area contributed by atoms with Gasteiger partial charge in [0.1, 0.15) is 6.54 Å². The summed E-state index contributed by atoms with van der Waals surface area (Å²) in [7, 11) is 0. The second-order valence-electron chi connectivity index (χ2n) is 4.19. The average molecular weight is 259 g/mol. The Morgan fingerprint density at radius 3 is 2.67 bits per heavy atom. The third kappa shape index (κ3) is 2.30. The number of hydrogen-bond donors (Lipinski definition) is 0. The van der Waals surface area contributed by atoms with Crippen LogP contribution in [0.5, 0.6) is 0 Å². The molecular weight excluding hydrogens is 247 g/mol. The van der Waals surface area contributed by atoms with Crippen LogP contribution in [0.25, 0.3) is 0 Å². The minimum absolute atomic E-state index is 0.227. The number of hydrogen-bond acceptors (Lipinski definition) is 2. The zero-order chi connectivity index (χ0) is 13.3. The molecule has 18 heavy (non-hydrogen) atoms. The van der Waals surface area contributed by atoms with Gasteiger partial charge >= 0.3 is 6.18 Å². The molecule has 0 bridgehead atoms. The SMILES string of the molecule is C=NC(=O)Cn1nc(C(F)(F)F)c2c1CCCC2. The van der Waals surface area contributed by atoms with Crippen molar-refractivity contribution in [1.82, 2.24) is 9.78 Å². The van der Waals surface area contributed by atoms with Gasteiger partial charge in [-0.1, -0.05) is 0 Å². The van der Waals surface area contributed by atoms with Crippen LogP contribution in [0.4, 0.5) is 13.2 Å². The van der Waals surface area contributed by atoms with Gasteiger partial charge < -0.3 is 0 Å². The van der Waals surface area contributed by atoms with Crippen molar-refractivity contribution in [2.24, 2.45) is 4.99 Å². The molecule has 0 saturated heterocycles. The predicted molar refractivity (Wildman–Crippen MR) is 58.4 cm³/mol. The van der Waals surface area contributed by atoms with E-state index in [2.05, 4.69) is 16.8 Å². The maximum absolute atomic E-state index is 12.8. The number of aliphatic imine (C=N–C) groups is 1. The molecule has 98 valence electrons. The average Bonchev–Trinajstić information content (AvgIpc) is 2.68. The van der Waals surface area contributed by atoms with Gasteiger partial charge in [-0.25, -0.2) is 4.99 Å². The smallest absolute Gasteiger partial charge is 0.270 e. The molecule has 1 aliphatic carbocycles. The Labute approximate surface area is 102 Å². The van der Waals surface area contributed by atoms with Gasteiger partial charge in [0.15, 0.2) is 5.69 Å². The van der Waals surface area contributed by atoms with E-state index in [1.54, 1.807) is 0 Å². The molecule has 1 amide bonds. The highest BCUT2D eigenvalue weighted by molar-refractivity contribution is 5.80. The van der Waals surface area contributed by atoms with E-state index in [4.69, 9.17) is 0 Å². The van der Waals surface area contributed by atoms with Gasteiger partial charge in [0.25, 0.3) is 5.91 Å². The number of aromatic nitrogens is 2. The quantitative estimate of drug-likeness (QED) is 0.763. The summed E-state index contributed by atoms with van der Waals surface area (Å²) in [5.41, 5.74) is -0.134. The minimum atomic E-state index is -4.47. The summed E-state index contributed by atoms with van der Waals surface area (Å²) in [4.78, 5) is 14.3. The Kier molecular flexibility index (Phi) is 3.23. The molecule has 0 unspecified atom stereocenters. The Balaban J connectivity index is 2.44. The minimum Gasteiger partial charge on any atom is -0.270 e. The summed E-state index contributed by atoms with van der Waals surface area (Å²) in [5.74, 6) is -0.584. The number of carbonyl (C=O) groups is 1. The highest BCUT2D eigenvalue weighted by atomic mass is 19.4. The zero-order valence-corrected chi connectivity index (χ0v) is 9.63. The maximum Gasteiger partial charge on any atom is 0.435 e. The lowest BCUT2D eigenvalue weighted by Gasteiger charge is -2.14. The molecule has 0 radical (unpaired) electrons. The Bertz CT molecular complexity index is 490. The lowest BCUT2D eigenvalue weighted by atomic mass is 9.95. The van der Waals surface area contributed by atoms with Crippen molar-refractivity contribution < 1.29 is 18.0 Å². The molecule has 1 aromatic rings. The third-order valence-electron chi connectivity index (χ3n) is 2.99. The van der Waals surface area contributed by atoms with Gasteiger partial charge in [-0.15, -0.1) is 0 Å². The van der Waals surface area contributed by atoms with Crippen molar-refractivity contribution in [3.05, 3.63) is 17.0 Å². The number of fused-ring (bicyclic) bond motifs is 1. The standard InChI is InChI=1S/C11H12F3N3O/c1-15-9(18)6-17-8-5-3-2-4-7(8)10(16-17)11(12,13)14/h1-6H2. The van der Waals surface area contributed by atoms with E-state index in [0.717, 1.165) is 17.5 Å². The molecule has 1 aromatic heterocycles. The van der Waals surface area contributed by atoms with Gasteiger partial charge in [0, 0.05) is 11.3 Å². The fourth-order valence-electron chi connectivity index (χ4n) is 2.21. The van der Waals surface area contributed by atoms with Gasteiger partial charge in [-0.05, 0) is 32.4 Å². The second kappa shape index (κ2) is 4.55. The number of nitrogens with zero attached hydrogens (tertiary/aromatic N) is 3. The van der Waals surface area contributed by atoms with Crippen LogP contribution in [0, 0.1) is 0 Å². The first kappa shape index (κ1) is 12.8. The van der Waals surface area contributed by atoms with Crippen LogP contribution in [-0.2, 0) is 30.4 Å². The van der Waals surface area contributed by atoms with Gasteiger partial charge in [-0.2, -0.15) is 18.3 Å². The summed E-state index contributed by atoms with van der Waals surface area (Å²) in [6.07, 6.45) is -2.07. The van der Waals surface area contributed by atoms with E-state index in [0.29, 0.717) is 18.5 Å². The first-order chi connectivity index (χ1) is 8.43. The van der Waals surface area contributed by atoms with Crippen molar-refractivity contribution in [3.8, 4) is 0 Å². The van der Waals surface area contributed by atoms with Crippen LogP contribution >= 0.6 is 0 Å². The van der Waals surface area contributed by atoms with Gasteiger partial charge in [0.2, 0.25) is 0 Å². The highest BCUT2D eigenvalue weighted by Crippen LogP contribution is 2.35. The molecule has 0 aliphatic heterocycles. The molecule has 0 N–H and O–H groups in total. The number of halogens is 3. The van der Waals surface area contributed by atoms with E-state index in [9.17, 15) is 18.0 Å². The second-order valence-corrected chi connectivity index (χ2v) is 4.19. The van der Waals surface area contributed by atoms with Crippen LogP contribution in [0.15, 0.2) is 4.99 Å². The molecule has 0 saturated carbocycles. The topological polar surface area (TPSA) is 47.2 Å². The number of amides is 1. The molecule has 0 atom stereocenters. The molecular formula is C11H12F3N3O. The van der Waals surface area contributed by atoms with E-state index in [-0.39, 0.29) is 12.1 Å². The maximum atomic E-state index is 12.8. The van der Waals surface area contributed by atoms with Crippen molar-refractivity contribution >= 4 is 12.6 Å². The highest BCUT2D eigenvalue weighted by Gasteiger charge is 2.39. The predicted octanol–water partition coefficient (Wildman–Crippen LogP) is 2.01. The zero-order valence-electron chi connectivity index (χ0n) is 9.63. The molecule has 2 rings (SSSR count). The molecule has 0 spiro atoms. The number of rotatable bonds is 2. The molecule has 4 nitrogen and oxygen atoms in total. The summed E-state index contributed by atoms with van der Waals surface area (Å²) in [5, 5.41) is 3.53. The Morgan fingerprint density at radius 2 is 2.06 bits per heavy atom. The molecule has 0 aromatic carbocycles. The normalized spacial score (nSPS) is 15.3. The fourth-order valence-corrected chi connectivity index (χ4v) is 2.21. The Morgan fingerprint density at radius 1 is 1.39 bits per heavy atom. The van der Waals surface area contributed by atoms with E-state index < -0.39 is 17.8 Å². The number of alkyl halides is 3. The van der Waals surface area contributed by atoms with Crippen LogP contribution in [0.1, 0.15) is 29.8 Å².